The number of ether oxygens (including phenoxy) is 2. The molecule has 0 bridgehead atoms. The van der Waals surface area contributed by atoms with Crippen LogP contribution >= 0.6 is 0 Å². The molecule has 20 heavy (non-hydrogen) atoms. The van der Waals surface area contributed by atoms with E-state index in [-0.39, 0.29) is 6.42 Å². The van der Waals surface area contributed by atoms with Gasteiger partial charge < -0.3 is 14.6 Å². The zero-order chi connectivity index (χ0) is 15.6. The molecule has 0 radical (unpaired) electrons. The second-order valence-electron chi connectivity index (χ2n) is 4.00. The lowest BCUT2D eigenvalue weighted by atomic mass is 10.0. The van der Waals surface area contributed by atoms with Crippen LogP contribution in [0.1, 0.15) is 6.42 Å². The number of hydrogen-bond acceptors (Lipinski definition) is 8. The average molecular weight is 337 g/mol. The van der Waals surface area contributed by atoms with Crippen LogP contribution in [0.3, 0.4) is 0 Å². The van der Waals surface area contributed by atoms with Crippen LogP contribution in [0, 0.1) is 0 Å². The van der Waals surface area contributed by atoms with Crippen LogP contribution < -0.4 is 4.72 Å². The molecule has 4 N–H and O–H groups in total. The summed E-state index contributed by atoms with van der Waals surface area (Å²) >= 11 is 0. The molecule has 0 aromatic carbocycles. The molecular formula is C7H15NO10S2. The monoisotopic (exact) mass is 337 g/mol. The number of rotatable bonds is 6. The van der Waals surface area contributed by atoms with Crippen molar-refractivity contribution in [2.45, 2.75) is 31.0 Å². The third-order valence-electron chi connectivity index (χ3n) is 2.46. The Labute approximate surface area is 115 Å². The highest BCUT2D eigenvalue weighted by Crippen LogP contribution is 2.22. The molecule has 0 amide bonds. The van der Waals surface area contributed by atoms with Gasteiger partial charge >= 0.3 is 20.7 Å². The minimum atomic E-state index is -4.66. The molecule has 0 aliphatic carbocycles. The maximum absolute atomic E-state index is 10.7. The van der Waals surface area contributed by atoms with Gasteiger partial charge in [-0.25, -0.2) is 4.18 Å². The van der Waals surface area contributed by atoms with Crippen LogP contribution in [0.4, 0.5) is 0 Å². The zero-order valence-electron chi connectivity index (χ0n) is 10.2. The van der Waals surface area contributed by atoms with Gasteiger partial charge in [0.25, 0.3) is 0 Å². The van der Waals surface area contributed by atoms with Gasteiger partial charge in [-0.05, 0) is 0 Å². The van der Waals surface area contributed by atoms with Crippen molar-refractivity contribution >= 4 is 20.7 Å². The molecule has 1 aliphatic rings. The van der Waals surface area contributed by atoms with E-state index in [4.69, 9.17) is 18.6 Å². The molecule has 0 spiro atoms. The van der Waals surface area contributed by atoms with Crippen molar-refractivity contribution in [1.82, 2.24) is 4.72 Å². The van der Waals surface area contributed by atoms with Crippen LogP contribution in [-0.2, 0) is 34.4 Å². The van der Waals surface area contributed by atoms with Gasteiger partial charge in [0.1, 0.15) is 6.04 Å². The van der Waals surface area contributed by atoms with Crippen molar-refractivity contribution in [2.75, 3.05) is 13.7 Å². The first-order valence-corrected chi connectivity index (χ1v) is 8.05. The minimum Gasteiger partial charge on any atom is -0.391 e. The molecule has 11 nitrogen and oxygen atoms in total. The molecule has 4 atom stereocenters. The normalized spacial score (nSPS) is 32.2. The van der Waals surface area contributed by atoms with E-state index in [1.165, 1.54) is 0 Å². The molecule has 0 saturated carbocycles. The van der Waals surface area contributed by atoms with E-state index in [1.807, 2.05) is 0 Å². The molecule has 1 rings (SSSR count). The maximum Gasteiger partial charge on any atom is 0.397 e. The lowest BCUT2D eigenvalue weighted by Gasteiger charge is -2.38. The zero-order valence-corrected chi connectivity index (χ0v) is 11.9. The first kappa shape index (κ1) is 17.7. The highest BCUT2D eigenvalue weighted by atomic mass is 32.3. The van der Waals surface area contributed by atoms with E-state index in [9.17, 15) is 21.9 Å². The van der Waals surface area contributed by atoms with E-state index >= 15 is 0 Å². The van der Waals surface area contributed by atoms with Crippen molar-refractivity contribution in [3.8, 4) is 0 Å². The van der Waals surface area contributed by atoms with Crippen LogP contribution in [0.5, 0.6) is 0 Å². The van der Waals surface area contributed by atoms with Gasteiger partial charge in [0.15, 0.2) is 6.29 Å². The first-order chi connectivity index (χ1) is 9.02. The summed E-state index contributed by atoms with van der Waals surface area (Å²) in [4.78, 5) is 0. The Hall–Kier alpha value is -0.380. The molecule has 13 heteroatoms. The third kappa shape index (κ3) is 5.94. The summed E-state index contributed by atoms with van der Waals surface area (Å²) in [5, 5.41) is 9.77. The summed E-state index contributed by atoms with van der Waals surface area (Å²) in [5.41, 5.74) is 0. The number of methoxy groups -OCH3 is 1. The maximum atomic E-state index is 10.7. The SMILES string of the molecule is CO[C@@H]1OC(COS(=O)(=O)O)C[C@@H](O)C1NS(=O)(=O)O. The second kappa shape index (κ2) is 6.59. The Bertz CT molecular complexity index is 516. The average Bonchev–Trinajstić information content (AvgIpc) is 2.26. The molecule has 1 heterocycles. The molecule has 1 aliphatic heterocycles. The third-order valence-corrected chi connectivity index (χ3v) is 3.46. The highest BCUT2D eigenvalue weighted by molar-refractivity contribution is 7.83. The van der Waals surface area contributed by atoms with Gasteiger partial charge in [0.2, 0.25) is 0 Å². The topological polar surface area (TPSA) is 169 Å². The van der Waals surface area contributed by atoms with Crippen molar-refractivity contribution in [1.29, 1.82) is 0 Å². The fourth-order valence-electron chi connectivity index (χ4n) is 1.70. The lowest BCUT2D eigenvalue weighted by Crippen LogP contribution is -2.58. The van der Waals surface area contributed by atoms with E-state index in [0.717, 1.165) is 7.11 Å². The molecule has 120 valence electrons. The fraction of sp³-hybridized carbons (Fsp3) is 1.00. The summed E-state index contributed by atoms with van der Waals surface area (Å²) in [6.07, 6.45) is -3.78. The Kier molecular flexibility index (Phi) is 5.82. The largest absolute Gasteiger partial charge is 0.397 e. The van der Waals surface area contributed by atoms with Crippen molar-refractivity contribution in [3.63, 3.8) is 0 Å². The van der Waals surface area contributed by atoms with E-state index in [2.05, 4.69) is 4.18 Å². The Balaban J connectivity index is 2.70. The Morgan fingerprint density at radius 3 is 2.35 bits per heavy atom. The summed E-state index contributed by atoms with van der Waals surface area (Å²) in [6.45, 7) is -0.589. The fourth-order valence-corrected chi connectivity index (χ4v) is 2.64. The second-order valence-corrected chi connectivity index (χ2v) is 6.27. The van der Waals surface area contributed by atoms with Gasteiger partial charge in [-0.3, -0.25) is 9.11 Å². The number of hydrogen-bond donors (Lipinski definition) is 4. The van der Waals surface area contributed by atoms with Crippen LogP contribution in [0.15, 0.2) is 0 Å². The Morgan fingerprint density at radius 1 is 1.30 bits per heavy atom. The minimum absolute atomic E-state index is 0.206. The van der Waals surface area contributed by atoms with Gasteiger partial charge in [-0.1, -0.05) is 0 Å². The number of aliphatic hydroxyl groups is 1. The van der Waals surface area contributed by atoms with Gasteiger partial charge in [-0.15, -0.1) is 0 Å². The first-order valence-electron chi connectivity index (χ1n) is 5.24. The molecule has 0 aromatic heterocycles. The molecule has 0 aromatic rings. The standard InChI is InChI=1S/C7H15NO10S2/c1-16-7-6(8-19(10,11)12)5(9)2-4(18-7)3-17-20(13,14)15/h4-9H,2-3H2,1H3,(H,10,11,12)(H,13,14,15)/t4?,5-,6?,7-/m1/s1. The summed E-state index contributed by atoms with van der Waals surface area (Å²) < 4.78 is 75.1. The molecule has 2 unspecified atom stereocenters. The predicted molar refractivity (Wildman–Crippen MR) is 62.3 cm³/mol. The predicted octanol–water partition coefficient (Wildman–Crippen LogP) is -2.31. The lowest BCUT2D eigenvalue weighted by molar-refractivity contribution is -0.222. The Morgan fingerprint density at radius 2 is 1.90 bits per heavy atom. The van der Waals surface area contributed by atoms with Crippen molar-refractivity contribution in [3.05, 3.63) is 0 Å². The molecule has 1 fully saturated rings. The van der Waals surface area contributed by atoms with E-state index in [0.29, 0.717) is 0 Å². The van der Waals surface area contributed by atoms with E-state index in [1.54, 1.807) is 4.72 Å². The van der Waals surface area contributed by atoms with E-state index < -0.39 is 51.8 Å². The summed E-state index contributed by atoms with van der Waals surface area (Å²) in [7, 11) is -8.10. The number of nitrogens with one attached hydrogen (secondary N) is 1. The number of aliphatic hydroxyl groups excluding tert-OH is 1. The van der Waals surface area contributed by atoms with Crippen LogP contribution in [-0.4, -0.2) is 69.3 Å². The smallest absolute Gasteiger partial charge is 0.391 e. The summed E-state index contributed by atoms with van der Waals surface area (Å²) in [5.74, 6) is 0. The van der Waals surface area contributed by atoms with Crippen molar-refractivity contribution < 1.29 is 44.7 Å². The summed E-state index contributed by atoms with van der Waals surface area (Å²) in [6, 6.07) is -1.28. The van der Waals surface area contributed by atoms with Gasteiger partial charge in [-0.2, -0.15) is 21.6 Å². The quantitative estimate of drug-likeness (QED) is 0.386. The van der Waals surface area contributed by atoms with Gasteiger partial charge in [0, 0.05) is 13.5 Å². The molecule has 1 saturated heterocycles. The molecular weight excluding hydrogens is 322 g/mol. The van der Waals surface area contributed by atoms with Crippen LogP contribution in [0.25, 0.3) is 0 Å². The van der Waals surface area contributed by atoms with Crippen molar-refractivity contribution in [2.24, 2.45) is 0 Å². The highest BCUT2D eigenvalue weighted by Gasteiger charge is 2.40. The van der Waals surface area contributed by atoms with Crippen LogP contribution in [0.2, 0.25) is 0 Å². The van der Waals surface area contributed by atoms with Gasteiger partial charge in [0.05, 0.1) is 18.8 Å².